The molecule has 3 N–H and O–H groups in total. The average molecular weight is 270 g/mol. The van der Waals surface area contributed by atoms with Gasteiger partial charge in [-0.3, -0.25) is 0 Å². The molecule has 1 rings (SSSR count). The van der Waals surface area contributed by atoms with Crippen LogP contribution in [0, 0.1) is 5.41 Å². The molecule has 112 valence electrons. The third kappa shape index (κ3) is 5.78. The van der Waals surface area contributed by atoms with Crippen LogP contribution >= 0.6 is 0 Å². The summed E-state index contributed by atoms with van der Waals surface area (Å²) in [4.78, 5) is 4.91. The number of hydrogen-bond donors (Lipinski definition) is 2. The summed E-state index contributed by atoms with van der Waals surface area (Å²) in [6, 6.07) is 0. The molecule has 0 unspecified atom stereocenters. The molecule has 5 heteroatoms. The molecule has 0 spiro atoms. The molecule has 1 saturated heterocycles. The fourth-order valence-corrected chi connectivity index (χ4v) is 2.48. The molecule has 1 heterocycles. The van der Waals surface area contributed by atoms with Gasteiger partial charge < -0.3 is 20.7 Å². The summed E-state index contributed by atoms with van der Waals surface area (Å²) >= 11 is 0. The van der Waals surface area contributed by atoms with Crippen LogP contribution in [0.5, 0.6) is 0 Å². The van der Waals surface area contributed by atoms with E-state index in [-0.39, 0.29) is 5.41 Å². The predicted molar refractivity (Wildman–Crippen MR) is 79.6 cm³/mol. The maximum Gasteiger partial charge on any atom is 0.144 e. The van der Waals surface area contributed by atoms with Gasteiger partial charge in [-0.15, -0.1) is 0 Å². The Labute approximate surface area is 117 Å². The number of likely N-dealkylation sites (N-methyl/N-ethyl adjacent to an activating group) is 1. The van der Waals surface area contributed by atoms with Crippen LogP contribution in [0.25, 0.3) is 0 Å². The van der Waals surface area contributed by atoms with Crippen molar-refractivity contribution < 1.29 is 5.21 Å². The maximum absolute atomic E-state index is 8.73. The van der Waals surface area contributed by atoms with Gasteiger partial charge in [0.1, 0.15) is 5.84 Å². The molecule has 0 aliphatic carbocycles. The lowest BCUT2D eigenvalue weighted by molar-refractivity contribution is 0.247. The van der Waals surface area contributed by atoms with E-state index in [1.165, 1.54) is 32.5 Å². The predicted octanol–water partition coefficient (Wildman–Crippen LogP) is 1.57. The first kappa shape index (κ1) is 16.2. The lowest BCUT2D eigenvalue weighted by atomic mass is 9.86. The van der Waals surface area contributed by atoms with Crippen molar-refractivity contribution in [2.75, 3.05) is 39.8 Å². The van der Waals surface area contributed by atoms with E-state index in [1.54, 1.807) is 0 Å². The largest absolute Gasteiger partial charge is 0.409 e. The average Bonchev–Trinajstić information content (AvgIpc) is 2.88. The van der Waals surface area contributed by atoms with Gasteiger partial charge in [-0.25, -0.2) is 0 Å². The molecule has 0 saturated carbocycles. The second-order valence-electron chi connectivity index (χ2n) is 6.32. The Morgan fingerprint density at radius 1 is 1.32 bits per heavy atom. The summed E-state index contributed by atoms with van der Waals surface area (Å²) in [5, 5.41) is 11.9. The van der Waals surface area contributed by atoms with Gasteiger partial charge in [0.25, 0.3) is 0 Å². The van der Waals surface area contributed by atoms with Gasteiger partial charge >= 0.3 is 0 Å². The van der Waals surface area contributed by atoms with Gasteiger partial charge in [-0.2, -0.15) is 0 Å². The summed E-state index contributed by atoms with van der Waals surface area (Å²) in [6.45, 7) is 9.95. The number of hydrogen-bond acceptors (Lipinski definition) is 4. The Hall–Kier alpha value is -0.810. The molecule has 0 aromatic heterocycles. The highest BCUT2D eigenvalue weighted by Gasteiger charge is 2.23. The van der Waals surface area contributed by atoms with Gasteiger partial charge in [0.05, 0.1) is 0 Å². The summed E-state index contributed by atoms with van der Waals surface area (Å²) in [5.74, 6) is 0.326. The zero-order chi connectivity index (χ0) is 14.3. The zero-order valence-corrected chi connectivity index (χ0v) is 12.7. The van der Waals surface area contributed by atoms with Crippen LogP contribution in [0.15, 0.2) is 5.16 Å². The van der Waals surface area contributed by atoms with Crippen molar-refractivity contribution in [3.63, 3.8) is 0 Å². The first-order valence-corrected chi connectivity index (χ1v) is 7.34. The lowest BCUT2D eigenvalue weighted by Crippen LogP contribution is -2.34. The molecular weight excluding hydrogens is 240 g/mol. The second-order valence-corrected chi connectivity index (χ2v) is 6.32. The molecular formula is C14H30N4O. The molecule has 1 fully saturated rings. The molecule has 0 amide bonds. The maximum atomic E-state index is 8.73. The summed E-state index contributed by atoms with van der Waals surface area (Å²) in [6.07, 6.45) is 4.73. The number of likely N-dealkylation sites (tertiary alicyclic amines) is 1. The lowest BCUT2D eigenvalue weighted by Gasteiger charge is -2.25. The molecule has 1 aliphatic rings. The number of nitrogens with two attached hydrogens (primary N) is 1. The summed E-state index contributed by atoms with van der Waals surface area (Å²) < 4.78 is 0. The number of amidine groups is 1. The van der Waals surface area contributed by atoms with Gasteiger partial charge in [-0.05, 0) is 52.4 Å². The number of nitrogens with zero attached hydrogens (tertiary/aromatic N) is 3. The van der Waals surface area contributed by atoms with Crippen LogP contribution in [-0.4, -0.2) is 60.6 Å². The topological polar surface area (TPSA) is 65.1 Å². The Morgan fingerprint density at radius 2 is 1.95 bits per heavy atom. The van der Waals surface area contributed by atoms with E-state index >= 15 is 0 Å². The van der Waals surface area contributed by atoms with Crippen molar-refractivity contribution >= 4 is 5.84 Å². The van der Waals surface area contributed by atoms with Crippen molar-refractivity contribution in [3.8, 4) is 0 Å². The standard InChI is InChI=1S/C14H30N4O/c1-14(2,13(15)16-19)7-6-8-17(3)11-12-18-9-4-5-10-18/h19H,4-12H2,1-3H3,(H2,15,16). The highest BCUT2D eigenvalue weighted by Crippen LogP contribution is 2.22. The third-order valence-electron chi connectivity index (χ3n) is 4.14. The Balaban J connectivity index is 2.14. The normalized spacial score (nSPS) is 18.4. The van der Waals surface area contributed by atoms with Crippen molar-refractivity contribution in [1.29, 1.82) is 0 Å². The Kier molecular flexibility index (Phi) is 6.58. The van der Waals surface area contributed by atoms with Crippen LogP contribution in [-0.2, 0) is 0 Å². The van der Waals surface area contributed by atoms with Crippen molar-refractivity contribution in [1.82, 2.24) is 9.80 Å². The fourth-order valence-electron chi connectivity index (χ4n) is 2.48. The van der Waals surface area contributed by atoms with Gasteiger partial charge in [0.15, 0.2) is 0 Å². The molecule has 0 aromatic rings. The molecule has 0 bridgehead atoms. The fraction of sp³-hybridized carbons (Fsp3) is 0.929. The van der Waals surface area contributed by atoms with E-state index in [2.05, 4.69) is 22.0 Å². The van der Waals surface area contributed by atoms with Crippen molar-refractivity contribution in [2.45, 2.75) is 39.5 Å². The minimum atomic E-state index is -0.218. The summed E-state index contributed by atoms with van der Waals surface area (Å²) in [7, 11) is 2.17. The first-order valence-electron chi connectivity index (χ1n) is 7.34. The van der Waals surface area contributed by atoms with Crippen molar-refractivity contribution in [3.05, 3.63) is 0 Å². The van der Waals surface area contributed by atoms with Crippen molar-refractivity contribution in [2.24, 2.45) is 16.3 Å². The third-order valence-corrected chi connectivity index (χ3v) is 4.14. The van der Waals surface area contributed by atoms with Gasteiger partial charge in [0, 0.05) is 18.5 Å². The van der Waals surface area contributed by atoms with E-state index in [9.17, 15) is 0 Å². The summed E-state index contributed by atoms with van der Waals surface area (Å²) in [5.41, 5.74) is 5.47. The van der Waals surface area contributed by atoms with E-state index in [0.29, 0.717) is 5.84 Å². The first-order chi connectivity index (χ1) is 8.95. The quantitative estimate of drug-likeness (QED) is 0.304. The van der Waals surface area contributed by atoms with E-state index in [0.717, 1.165) is 25.9 Å². The van der Waals surface area contributed by atoms with Crippen LogP contribution in [0.1, 0.15) is 39.5 Å². The minimum absolute atomic E-state index is 0.218. The monoisotopic (exact) mass is 270 g/mol. The SMILES string of the molecule is CN(CCCC(C)(C)C(N)=NO)CCN1CCCC1. The van der Waals surface area contributed by atoms with Gasteiger partial charge in [0.2, 0.25) is 0 Å². The van der Waals surface area contributed by atoms with Crippen LogP contribution < -0.4 is 5.73 Å². The molecule has 0 radical (unpaired) electrons. The van der Waals surface area contributed by atoms with E-state index < -0.39 is 0 Å². The molecule has 0 aromatic carbocycles. The smallest absolute Gasteiger partial charge is 0.144 e. The minimum Gasteiger partial charge on any atom is -0.409 e. The van der Waals surface area contributed by atoms with Crippen LogP contribution in [0.2, 0.25) is 0 Å². The Morgan fingerprint density at radius 3 is 2.53 bits per heavy atom. The number of rotatable bonds is 8. The molecule has 0 atom stereocenters. The molecule has 19 heavy (non-hydrogen) atoms. The van der Waals surface area contributed by atoms with Crippen LogP contribution in [0.4, 0.5) is 0 Å². The highest BCUT2D eigenvalue weighted by atomic mass is 16.4. The second kappa shape index (κ2) is 7.70. The number of oxime groups is 1. The van der Waals surface area contributed by atoms with Gasteiger partial charge in [-0.1, -0.05) is 19.0 Å². The molecule has 1 aliphatic heterocycles. The zero-order valence-electron chi connectivity index (χ0n) is 12.7. The van der Waals surface area contributed by atoms with E-state index in [1.807, 2.05) is 13.8 Å². The van der Waals surface area contributed by atoms with E-state index in [4.69, 9.17) is 10.9 Å². The highest BCUT2D eigenvalue weighted by molar-refractivity contribution is 5.85. The Bertz CT molecular complexity index is 285. The van der Waals surface area contributed by atoms with Crippen LogP contribution in [0.3, 0.4) is 0 Å². The molecule has 5 nitrogen and oxygen atoms in total.